The molecule has 0 radical (unpaired) electrons. The highest BCUT2D eigenvalue weighted by Gasteiger charge is 2.29. The number of nitro benzene ring substituents is 1. The van der Waals surface area contributed by atoms with Crippen molar-refractivity contribution < 1.29 is 19.6 Å². The number of aromatic nitrogens is 1. The first-order chi connectivity index (χ1) is 16.0. The van der Waals surface area contributed by atoms with Crippen molar-refractivity contribution in [2.75, 3.05) is 37.7 Å². The number of hydrogen-bond acceptors (Lipinski definition) is 7. The van der Waals surface area contributed by atoms with Crippen molar-refractivity contribution in [3.05, 3.63) is 76.5 Å². The number of nitrogens with zero attached hydrogens (tertiary/aromatic N) is 4. The fourth-order valence-electron chi connectivity index (χ4n) is 3.91. The molecule has 10 heteroatoms. The zero-order valence-electron chi connectivity index (χ0n) is 17.8. The Hall–Kier alpha value is -4.05. The van der Waals surface area contributed by atoms with E-state index in [-0.39, 0.29) is 11.6 Å². The van der Waals surface area contributed by atoms with E-state index in [4.69, 9.17) is 0 Å². The van der Waals surface area contributed by atoms with Gasteiger partial charge >= 0.3 is 0 Å². The highest BCUT2D eigenvalue weighted by atomic mass is 16.6. The van der Waals surface area contributed by atoms with Gasteiger partial charge in [0.15, 0.2) is 0 Å². The number of aliphatic hydroxyl groups is 1. The van der Waals surface area contributed by atoms with Crippen molar-refractivity contribution in [3.63, 3.8) is 0 Å². The predicted molar refractivity (Wildman–Crippen MR) is 122 cm³/mol. The third kappa shape index (κ3) is 4.75. The summed E-state index contributed by atoms with van der Waals surface area (Å²) in [5.41, 5.74) is 1.91. The lowest BCUT2D eigenvalue weighted by Crippen LogP contribution is -2.56. The second kappa shape index (κ2) is 9.61. The van der Waals surface area contributed by atoms with E-state index in [1.54, 1.807) is 41.3 Å². The number of rotatable bonds is 6. The van der Waals surface area contributed by atoms with Crippen LogP contribution in [0.2, 0.25) is 0 Å². The summed E-state index contributed by atoms with van der Waals surface area (Å²) < 4.78 is 0. The number of piperazine rings is 1. The van der Waals surface area contributed by atoms with E-state index in [0.29, 0.717) is 42.6 Å². The Bertz CT molecular complexity index is 1170. The Balaban J connectivity index is 1.39. The summed E-state index contributed by atoms with van der Waals surface area (Å²) in [5.74, 6) is -0.807. The average molecular weight is 449 g/mol. The molecule has 2 heterocycles. The molecule has 1 aliphatic heterocycles. The van der Waals surface area contributed by atoms with Crippen LogP contribution in [0.15, 0.2) is 60.8 Å². The number of amides is 2. The van der Waals surface area contributed by atoms with Crippen LogP contribution in [0.5, 0.6) is 0 Å². The molecule has 2 aromatic carbocycles. The van der Waals surface area contributed by atoms with Crippen LogP contribution in [0.25, 0.3) is 10.9 Å². The number of anilines is 1. The van der Waals surface area contributed by atoms with E-state index < -0.39 is 23.5 Å². The summed E-state index contributed by atoms with van der Waals surface area (Å²) in [6.07, 6.45) is 1.53. The third-order valence-corrected chi connectivity index (χ3v) is 5.70. The number of pyridine rings is 1. The normalized spacial score (nSPS) is 14.7. The zero-order chi connectivity index (χ0) is 23.4. The van der Waals surface area contributed by atoms with Gasteiger partial charge in [-0.3, -0.25) is 24.7 Å². The number of aliphatic hydroxyl groups excluding tert-OH is 1. The summed E-state index contributed by atoms with van der Waals surface area (Å²) in [6, 6.07) is 14.0. The largest absolute Gasteiger partial charge is 0.394 e. The maximum absolute atomic E-state index is 13.0. The van der Waals surface area contributed by atoms with Crippen LogP contribution >= 0.6 is 0 Å². The second-order valence-electron chi connectivity index (χ2n) is 7.67. The molecule has 10 nitrogen and oxygen atoms in total. The first kappa shape index (κ1) is 22.2. The fraction of sp³-hybridized carbons (Fsp3) is 0.261. The molecule has 3 aromatic rings. The number of nitro groups is 1. The van der Waals surface area contributed by atoms with Gasteiger partial charge in [0.25, 0.3) is 11.6 Å². The van der Waals surface area contributed by atoms with E-state index in [1.807, 2.05) is 11.0 Å². The lowest BCUT2D eigenvalue weighted by molar-refractivity contribution is -0.384. The topological polar surface area (TPSA) is 129 Å². The van der Waals surface area contributed by atoms with Crippen LogP contribution in [-0.2, 0) is 4.79 Å². The van der Waals surface area contributed by atoms with E-state index in [9.17, 15) is 24.8 Å². The van der Waals surface area contributed by atoms with E-state index >= 15 is 0 Å². The van der Waals surface area contributed by atoms with Crippen LogP contribution in [0.3, 0.4) is 0 Å². The van der Waals surface area contributed by atoms with Crippen molar-refractivity contribution in [2.24, 2.45) is 0 Å². The molecule has 0 bridgehead atoms. The molecular weight excluding hydrogens is 426 g/mol. The number of hydrogen-bond donors (Lipinski definition) is 2. The predicted octanol–water partition coefficient (Wildman–Crippen LogP) is 1.58. The lowest BCUT2D eigenvalue weighted by atomic mass is 10.1. The van der Waals surface area contributed by atoms with Crippen LogP contribution in [0.1, 0.15) is 10.4 Å². The number of carbonyl (C=O) groups is 2. The van der Waals surface area contributed by atoms with Crippen LogP contribution in [0.4, 0.5) is 11.4 Å². The molecule has 1 atom stereocenters. The molecule has 2 N–H and O–H groups in total. The molecule has 1 unspecified atom stereocenters. The Labute approximate surface area is 189 Å². The van der Waals surface area contributed by atoms with E-state index in [1.165, 1.54) is 18.3 Å². The SMILES string of the molecule is O=C(NC(CO)C(=O)N1CCN(c2ccc([N+](=O)[O-])cc2)CC1)c1ccnc2ccccc12. The van der Waals surface area contributed by atoms with Crippen molar-refractivity contribution in [1.29, 1.82) is 0 Å². The van der Waals surface area contributed by atoms with Crippen molar-refractivity contribution in [1.82, 2.24) is 15.2 Å². The van der Waals surface area contributed by atoms with Crippen molar-refractivity contribution in [3.8, 4) is 0 Å². The highest BCUT2D eigenvalue weighted by molar-refractivity contribution is 6.07. The summed E-state index contributed by atoms with van der Waals surface area (Å²) in [5, 5.41) is 23.9. The number of benzene rings is 2. The monoisotopic (exact) mass is 449 g/mol. The second-order valence-corrected chi connectivity index (χ2v) is 7.67. The van der Waals surface area contributed by atoms with Gasteiger partial charge in [-0.25, -0.2) is 0 Å². The quantitative estimate of drug-likeness (QED) is 0.432. The van der Waals surface area contributed by atoms with Gasteiger partial charge in [-0.15, -0.1) is 0 Å². The number of fused-ring (bicyclic) bond motifs is 1. The summed E-state index contributed by atoms with van der Waals surface area (Å²) >= 11 is 0. The lowest BCUT2D eigenvalue weighted by Gasteiger charge is -2.37. The Kier molecular flexibility index (Phi) is 6.45. The van der Waals surface area contributed by atoms with Crippen LogP contribution < -0.4 is 10.2 Å². The molecule has 2 amide bonds. The van der Waals surface area contributed by atoms with Gasteiger partial charge in [0, 0.05) is 55.6 Å². The number of para-hydroxylation sites is 1. The summed E-state index contributed by atoms with van der Waals surface area (Å²) in [4.78, 5) is 44.1. The highest BCUT2D eigenvalue weighted by Crippen LogP contribution is 2.21. The molecule has 0 spiro atoms. The van der Waals surface area contributed by atoms with Gasteiger partial charge in [-0.2, -0.15) is 0 Å². The summed E-state index contributed by atoms with van der Waals surface area (Å²) in [7, 11) is 0. The number of nitrogens with one attached hydrogen (secondary N) is 1. The van der Waals surface area contributed by atoms with Gasteiger partial charge in [0.05, 0.1) is 22.6 Å². The van der Waals surface area contributed by atoms with Gasteiger partial charge in [0.2, 0.25) is 5.91 Å². The first-order valence-electron chi connectivity index (χ1n) is 10.5. The van der Waals surface area contributed by atoms with Gasteiger partial charge in [-0.1, -0.05) is 18.2 Å². The molecule has 0 saturated carbocycles. The van der Waals surface area contributed by atoms with Gasteiger partial charge in [0.1, 0.15) is 6.04 Å². The Morgan fingerprint density at radius 1 is 1.06 bits per heavy atom. The third-order valence-electron chi connectivity index (χ3n) is 5.70. The molecule has 1 saturated heterocycles. The molecule has 1 aromatic heterocycles. The number of carbonyl (C=O) groups excluding carboxylic acids is 2. The average Bonchev–Trinajstić information content (AvgIpc) is 2.86. The molecule has 4 rings (SSSR count). The molecule has 33 heavy (non-hydrogen) atoms. The van der Waals surface area contributed by atoms with E-state index in [0.717, 1.165) is 5.69 Å². The molecule has 0 aliphatic carbocycles. The smallest absolute Gasteiger partial charge is 0.269 e. The fourth-order valence-corrected chi connectivity index (χ4v) is 3.91. The summed E-state index contributed by atoms with van der Waals surface area (Å²) in [6.45, 7) is 1.35. The maximum atomic E-state index is 13.0. The standard InChI is InChI=1S/C23H23N5O5/c29-15-21(25-22(30)19-9-10-24-20-4-2-1-3-18(19)20)23(31)27-13-11-26(12-14-27)16-5-7-17(8-6-16)28(32)33/h1-10,21,29H,11-15H2,(H,25,30). The minimum Gasteiger partial charge on any atom is -0.394 e. The molecule has 170 valence electrons. The van der Waals surface area contributed by atoms with E-state index in [2.05, 4.69) is 10.3 Å². The minimum absolute atomic E-state index is 0.0241. The Morgan fingerprint density at radius 2 is 1.76 bits per heavy atom. The van der Waals surface area contributed by atoms with Crippen LogP contribution in [0, 0.1) is 10.1 Å². The van der Waals surface area contributed by atoms with Crippen molar-refractivity contribution >= 4 is 34.1 Å². The van der Waals surface area contributed by atoms with Gasteiger partial charge < -0.3 is 20.2 Å². The van der Waals surface area contributed by atoms with Crippen molar-refractivity contribution in [2.45, 2.75) is 6.04 Å². The van der Waals surface area contributed by atoms with Crippen LogP contribution in [-0.4, -0.2) is 70.6 Å². The minimum atomic E-state index is -1.06. The Morgan fingerprint density at radius 3 is 2.42 bits per heavy atom. The molecular formula is C23H23N5O5. The zero-order valence-corrected chi connectivity index (χ0v) is 17.8. The maximum Gasteiger partial charge on any atom is 0.269 e. The molecule has 1 aliphatic rings. The van der Waals surface area contributed by atoms with Gasteiger partial charge in [-0.05, 0) is 24.3 Å². The first-order valence-corrected chi connectivity index (χ1v) is 10.5. The molecule has 1 fully saturated rings. The number of non-ortho nitro benzene ring substituents is 1.